The number of rotatable bonds is 0. The molecule has 0 aromatic heterocycles. The van der Waals surface area contributed by atoms with E-state index in [-0.39, 0.29) is 59.1 Å². The van der Waals surface area contributed by atoms with Crippen LogP contribution in [0.15, 0.2) is 0 Å². The predicted octanol–water partition coefficient (Wildman–Crippen LogP) is -0.859. The Labute approximate surface area is 59.3 Å². The maximum atomic E-state index is 0. The molecule has 0 amide bonds. The van der Waals surface area contributed by atoms with Crippen LogP contribution in [0.4, 0.5) is 0 Å². The smallest absolute Gasteiger partial charge is 2.00 e. The van der Waals surface area contributed by atoms with Gasteiger partial charge in [-0.2, -0.15) is 0 Å². The zero-order valence-electron chi connectivity index (χ0n) is 2.63. The molecule has 0 saturated carbocycles. The molecule has 0 fully saturated rings. The van der Waals surface area contributed by atoms with Crippen molar-refractivity contribution < 1.29 is 48.1 Å². The van der Waals surface area contributed by atoms with E-state index >= 15 is 0 Å². The summed E-state index contributed by atoms with van der Waals surface area (Å²) in [5, 5.41) is 0. The minimum Gasteiger partial charge on any atom is -2.00 e. The molecule has 0 radical (unpaired) electrons. The first-order valence-electron chi connectivity index (χ1n) is 0. The average molecular weight is 183 g/mol. The normalized spacial score (nSPS) is 0. The molecule has 0 aromatic rings. The van der Waals surface area contributed by atoms with E-state index in [1.807, 2.05) is 0 Å². The van der Waals surface area contributed by atoms with Crippen molar-refractivity contribution >= 4 is 11.0 Å². The van der Waals surface area contributed by atoms with Crippen molar-refractivity contribution in [3.8, 4) is 0 Å². The Hall–Kier alpha value is 0.940. The molecule has 0 aliphatic rings. The fraction of sp³-hybridized carbons (Fsp3) is 0. The van der Waals surface area contributed by atoms with E-state index in [4.69, 9.17) is 0 Å². The molecule has 0 atom stereocenters. The third kappa shape index (κ3) is 86.8. The number of hydrogen-bond donors (Lipinski definition) is 0. The maximum absolute atomic E-state index is 0. The average Bonchev–Trinajstić information content (AvgIpc) is 0. The Morgan fingerprint density at radius 3 is 0.500 bits per heavy atom. The van der Waals surface area contributed by atoms with Crippen LogP contribution in [0.1, 0.15) is 0 Å². The molecule has 0 bridgehead atoms. The summed E-state index contributed by atoms with van der Waals surface area (Å²) in [6, 6.07) is 0. The van der Waals surface area contributed by atoms with Crippen LogP contribution >= 0.6 is 0 Å². The Bertz CT molecular complexity index is 7.51. The van der Waals surface area contributed by atoms with E-state index < -0.39 is 0 Å². The molecule has 0 N–H and O–H groups in total. The van der Waals surface area contributed by atoms with Crippen LogP contribution < -0.4 is 0 Å². The number of hydrogen-bond acceptors (Lipinski definition) is 0. The first-order valence-corrected chi connectivity index (χ1v) is 0. The molecule has 0 unspecified atom stereocenters. The quantitative estimate of drug-likeness (QED) is 0.435. The SMILES string of the molecule is [O-2].[O-2].[O-2].[O-2].[Si+4].[Zr+4]. The zero-order valence-corrected chi connectivity index (χ0v) is 6.09. The molecular weight excluding hydrogens is 183 g/mol. The van der Waals surface area contributed by atoms with E-state index in [1.54, 1.807) is 0 Å². The van der Waals surface area contributed by atoms with Gasteiger partial charge in [0.1, 0.15) is 0 Å². The van der Waals surface area contributed by atoms with Crippen molar-refractivity contribution in [3.63, 3.8) is 0 Å². The van der Waals surface area contributed by atoms with E-state index in [1.165, 1.54) is 0 Å². The van der Waals surface area contributed by atoms with Crippen LogP contribution in [0.3, 0.4) is 0 Å². The standard InChI is InChI=1S/4O.Si.Zr/q4*-2;2*+4. The summed E-state index contributed by atoms with van der Waals surface area (Å²) in [5.41, 5.74) is 0. The monoisotopic (exact) mass is 182 g/mol. The van der Waals surface area contributed by atoms with Crippen LogP contribution in [0.25, 0.3) is 0 Å². The molecule has 0 saturated heterocycles. The Morgan fingerprint density at radius 2 is 0.500 bits per heavy atom. The van der Waals surface area contributed by atoms with E-state index in [2.05, 4.69) is 0 Å². The molecule has 0 aromatic carbocycles. The molecule has 4 nitrogen and oxygen atoms in total. The fourth-order valence-corrected chi connectivity index (χ4v) is 0. The topological polar surface area (TPSA) is 114 Å². The van der Waals surface area contributed by atoms with Crippen molar-refractivity contribution in [3.05, 3.63) is 0 Å². The Balaban J connectivity index is 0. The summed E-state index contributed by atoms with van der Waals surface area (Å²) in [4.78, 5) is 0. The van der Waals surface area contributed by atoms with E-state index in [0.29, 0.717) is 0 Å². The molecular formula is O4SiZr. The molecule has 0 spiro atoms. The molecule has 0 aliphatic heterocycles. The predicted molar refractivity (Wildman–Crippen MR) is 8.50 cm³/mol. The first-order chi connectivity index (χ1) is 0. The van der Waals surface area contributed by atoms with Gasteiger partial charge in [-0.1, -0.05) is 0 Å². The van der Waals surface area contributed by atoms with Gasteiger partial charge in [-0.25, -0.2) is 0 Å². The Kier molecular flexibility index (Phi) is 7580. The summed E-state index contributed by atoms with van der Waals surface area (Å²) in [6.45, 7) is 0. The van der Waals surface area contributed by atoms with E-state index in [9.17, 15) is 0 Å². The van der Waals surface area contributed by atoms with Crippen molar-refractivity contribution in [2.75, 3.05) is 0 Å². The first kappa shape index (κ1) is 277. The largest absolute Gasteiger partial charge is 4.00 e. The van der Waals surface area contributed by atoms with Crippen LogP contribution in [0.2, 0.25) is 0 Å². The minimum absolute atomic E-state index is 0. The van der Waals surface area contributed by atoms with E-state index in [0.717, 1.165) is 0 Å². The third-order valence-electron chi connectivity index (χ3n) is 0. The van der Waals surface area contributed by atoms with Crippen LogP contribution in [-0.2, 0) is 48.1 Å². The van der Waals surface area contributed by atoms with Crippen molar-refractivity contribution in [2.24, 2.45) is 0 Å². The van der Waals surface area contributed by atoms with Crippen LogP contribution in [-0.4, -0.2) is 11.0 Å². The van der Waals surface area contributed by atoms with Crippen molar-refractivity contribution in [2.45, 2.75) is 0 Å². The van der Waals surface area contributed by atoms with Gasteiger partial charge in [0.25, 0.3) is 0 Å². The third-order valence-corrected chi connectivity index (χ3v) is 0. The van der Waals surface area contributed by atoms with Gasteiger partial charge >= 0.3 is 37.2 Å². The summed E-state index contributed by atoms with van der Waals surface area (Å²) >= 11 is 0. The van der Waals surface area contributed by atoms with Gasteiger partial charge < -0.3 is 21.9 Å². The summed E-state index contributed by atoms with van der Waals surface area (Å²) in [5.74, 6) is 0. The second-order valence-corrected chi connectivity index (χ2v) is 0. The van der Waals surface area contributed by atoms with Crippen LogP contribution in [0.5, 0.6) is 0 Å². The van der Waals surface area contributed by atoms with Gasteiger partial charge in [0, 0.05) is 0 Å². The summed E-state index contributed by atoms with van der Waals surface area (Å²) in [6.07, 6.45) is 0. The summed E-state index contributed by atoms with van der Waals surface area (Å²) < 4.78 is 0. The Morgan fingerprint density at radius 1 is 0.500 bits per heavy atom. The minimum atomic E-state index is 0. The van der Waals surface area contributed by atoms with Crippen molar-refractivity contribution in [1.29, 1.82) is 0 Å². The van der Waals surface area contributed by atoms with Gasteiger partial charge in [0.2, 0.25) is 0 Å². The maximum Gasteiger partial charge on any atom is 4.00 e. The zero-order chi connectivity index (χ0) is 0. The second-order valence-electron chi connectivity index (χ2n) is 0. The van der Waals surface area contributed by atoms with Gasteiger partial charge in [-0.3, -0.25) is 0 Å². The summed E-state index contributed by atoms with van der Waals surface area (Å²) in [7, 11) is 0. The molecule has 0 rings (SSSR count). The van der Waals surface area contributed by atoms with Gasteiger partial charge in [-0.15, -0.1) is 0 Å². The molecule has 6 heavy (non-hydrogen) atoms. The molecule has 32 valence electrons. The second kappa shape index (κ2) is 164. The molecule has 6 heteroatoms. The van der Waals surface area contributed by atoms with Gasteiger partial charge in [0.15, 0.2) is 0 Å². The van der Waals surface area contributed by atoms with Crippen LogP contribution in [0, 0.1) is 0 Å². The van der Waals surface area contributed by atoms with Crippen molar-refractivity contribution in [1.82, 2.24) is 0 Å². The molecule has 0 heterocycles. The van der Waals surface area contributed by atoms with Gasteiger partial charge in [-0.05, 0) is 0 Å². The molecule has 0 aliphatic carbocycles. The fourth-order valence-electron chi connectivity index (χ4n) is 0. The van der Waals surface area contributed by atoms with Gasteiger partial charge in [0.05, 0.1) is 0 Å².